The van der Waals surface area contributed by atoms with E-state index in [0.29, 0.717) is 21.8 Å². The highest BCUT2D eigenvalue weighted by Crippen LogP contribution is 2.25. The fourth-order valence-electron chi connectivity index (χ4n) is 1.76. The molecule has 21 heavy (non-hydrogen) atoms. The summed E-state index contributed by atoms with van der Waals surface area (Å²) in [6, 6.07) is 12.7. The van der Waals surface area contributed by atoms with E-state index in [0.717, 1.165) is 17.1 Å². The second-order valence-corrected chi connectivity index (χ2v) is 5.45. The molecule has 2 aromatic rings. The maximum Gasteiger partial charge on any atom is 0.175 e. The predicted molar refractivity (Wildman–Crippen MR) is 93.9 cm³/mol. The fraction of sp³-hybridized carbons (Fsp3) is 0.133. The lowest BCUT2D eigenvalue weighted by atomic mass is 10.3. The first-order valence-corrected chi connectivity index (χ1v) is 7.51. The van der Waals surface area contributed by atoms with E-state index in [1.807, 2.05) is 31.2 Å². The van der Waals surface area contributed by atoms with Gasteiger partial charge in [-0.2, -0.15) is 0 Å². The van der Waals surface area contributed by atoms with Gasteiger partial charge in [0.25, 0.3) is 0 Å². The topological polar surface area (TPSA) is 33.3 Å². The Hall–Kier alpha value is -1.49. The maximum atomic E-state index is 5.95. The molecule has 2 rings (SSSR count). The van der Waals surface area contributed by atoms with Gasteiger partial charge in [0.1, 0.15) is 5.75 Å². The molecular weight excluding hydrogens is 327 g/mol. The number of nitrogens with one attached hydrogen (secondary N) is 2. The molecule has 0 fully saturated rings. The third kappa shape index (κ3) is 4.77. The van der Waals surface area contributed by atoms with Crippen LogP contribution in [0.5, 0.6) is 5.75 Å². The molecule has 0 aliphatic rings. The second-order valence-electron chi connectivity index (χ2n) is 4.17. The van der Waals surface area contributed by atoms with Crippen LogP contribution in [0.1, 0.15) is 6.92 Å². The Balaban J connectivity index is 2.08. The number of para-hydroxylation sites is 2. The summed E-state index contributed by atoms with van der Waals surface area (Å²) in [5.74, 6) is 0.744. The molecule has 0 spiro atoms. The normalized spacial score (nSPS) is 10.0. The van der Waals surface area contributed by atoms with E-state index in [1.54, 1.807) is 18.2 Å². The van der Waals surface area contributed by atoms with Gasteiger partial charge in [-0.3, -0.25) is 0 Å². The molecule has 2 N–H and O–H groups in total. The summed E-state index contributed by atoms with van der Waals surface area (Å²) in [5.41, 5.74) is 1.52. The molecule has 0 radical (unpaired) electrons. The average Bonchev–Trinajstić information content (AvgIpc) is 2.40. The Morgan fingerprint density at radius 1 is 1.10 bits per heavy atom. The van der Waals surface area contributed by atoms with E-state index in [4.69, 9.17) is 40.2 Å². The van der Waals surface area contributed by atoms with Crippen LogP contribution in [-0.4, -0.2) is 11.7 Å². The van der Waals surface area contributed by atoms with Crippen LogP contribution in [0.2, 0.25) is 10.0 Å². The number of anilines is 2. The van der Waals surface area contributed by atoms with Crippen molar-refractivity contribution in [2.24, 2.45) is 0 Å². The van der Waals surface area contributed by atoms with Crippen molar-refractivity contribution in [3.63, 3.8) is 0 Å². The van der Waals surface area contributed by atoms with Crippen molar-refractivity contribution in [2.45, 2.75) is 6.92 Å². The van der Waals surface area contributed by atoms with Crippen molar-refractivity contribution in [1.82, 2.24) is 0 Å². The van der Waals surface area contributed by atoms with Crippen LogP contribution < -0.4 is 15.4 Å². The molecule has 2 aromatic carbocycles. The Morgan fingerprint density at radius 3 is 2.43 bits per heavy atom. The average molecular weight is 341 g/mol. The van der Waals surface area contributed by atoms with E-state index < -0.39 is 0 Å². The molecule has 0 saturated heterocycles. The van der Waals surface area contributed by atoms with Crippen molar-refractivity contribution in [2.75, 3.05) is 17.2 Å². The molecule has 0 amide bonds. The van der Waals surface area contributed by atoms with Gasteiger partial charge in [0.05, 0.1) is 12.3 Å². The summed E-state index contributed by atoms with van der Waals surface area (Å²) < 4.78 is 5.53. The van der Waals surface area contributed by atoms with Crippen molar-refractivity contribution in [3.05, 3.63) is 52.5 Å². The molecule has 0 heterocycles. The monoisotopic (exact) mass is 340 g/mol. The zero-order valence-corrected chi connectivity index (χ0v) is 13.6. The van der Waals surface area contributed by atoms with E-state index in [1.165, 1.54) is 0 Å². The predicted octanol–water partition coefficient (Wildman–Crippen LogP) is 5.20. The number of halogens is 2. The number of ether oxygens (including phenoxy) is 1. The summed E-state index contributed by atoms with van der Waals surface area (Å²) in [6.45, 7) is 2.52. The first-order valence-electron chi connectivity index (χ1n) is 6.34. The lowest BCUT2D eigenvalue weighted by molar-refractivity contribution is 0.342. The van der Waals surface area contributed by atoms with Gasteiger partial charge in [-0.05, 0) is 49.5 Å². The van der Waals surface area contributed by atoms with Crippen LogP contribution in [0.25, 0.3) is 0 Å². The Morgan fingerprint density at radius 2 is 1.76 bits per heavy atom. The standard InChI is InChI=1S/C15H14Cl2N2OS/c1-2-20-14-6-4-3-5-13(14)19-15(21)18-12-8-10(16)7-11(17)9-12/h3-9H,2H2,1H3,(H2,18,19,21). The first-order chi connectivity index (χ1) is 10.1. The van der Waals surface area contributed by atoms with E-state index >= 15 is 0 Å². The summed E-state index contributed by atoms with van der Waals surface area (Å²) in [7, 11) is 0. The fourth-order valence-corrected chi connectivity index (χ4v) is 2.52. The third-order valence-electron chi connectivity index (χ3n) is 2.56. The van der Waals surface area contributed by atoms with Crippen LogP contribution in [-0.2, 0) is 0 Å². The molecule has 0 aromatic heterocycles. The van der Waals surface area contributed by atoms with E-state index in [9.17, 15) is 0 Å². The highest BCUT2D eigenvalue weighted by Gasteiger charge is 2.05. The van der Waals surface area contributed by atoms with Crippen molar-refractivity contribution >= 4 is 51.9 Å². The first kappa shape index (κ1) is 15.9. The molecule has 110 valence electrons. The van der Waals surface area contributed by atoms with Crippen LogP contribution in [0, 0.1) is 0 Å². The molecule has 0 aliphatic carbocycles. The van der Waals surface area contributed by atoms with Gasteiger partial charge in [0.2, 0.25) is 0 Å². The Kier molecular flexibility index (Phi) is 5.67. The molecular formula is C15H14Cl2N2OS. The lowest BCUT2D eigenvalue weighted by Gasteiger charge is -2.14. The van der Waals surface area contributed by atoms with Gasteiger partial charge in [-0.25, -0.2) is 0 Å². The SMILES string of the molecule is CCOc1ccccc1NC(=S)Nc1cc(Cl)cc(Cl)c1. The minimum Gasteiger partial charge on any atom is -0.492 e. The zero-order valence-electron chi connectivity index (χ0n) is 11.3. The maximum absolute atomic E-state index is 5.95. The van der Waals surface area contributed by atoms with Gasteiger partial charge < -0.3 is 15.4 Å². The highest BCUT2D eigenvalue weighted by atomic mass is 35.5. The minimum atomic E-state index is 0.431. The number of thiocarbonyl (C=S) groups is 1. The molecule has 0 unspecified atom stereocenters. The number of rotatable bonds is 4. The van der Waals surface area contributed by atoms with Crippen LogP contribution in [0.15, 0.2) is 42.5 Å². The molecule has 0 saturated carbocycles. The number of hydrogen-bond donors (Lipinski definition) is 2. The quantitative estimate of drug-likeness (QED) is 0.749. The Labute approximate surface area is 139 Å². The minimum absolute atomic E-state index is 0.431. The van der Waals surface area contributed by atoms with Crippen molar-refractivity contribution in [1.29, 1.82) is 0 Å². The van der Waals surface area contributed by atoms with Crippen LogP contribution in [0.4, 0.5) is 11.4 Å². The molecule has 6 heteroatoms. The molecule has 0 atom stereocenters. The zero-order chi connectivity index (χ0) is 15.2. The van der Waals surface area contributed by atoms with Gasteiger partial charge in [0, 0.05) is 15.7 Å². The Bertz CT molecular complexity index is 629. The summed E-state index contributed by atoms with van der Waals surface area (Å²) in [6.07, 6.45) is 0. The summed E-state index contributed by atoms with van der Waals surface area (Å²) in [4.78, 5) is 0. The highest BCUT2D eigenvalue weighted by molar-refractivity contribution is 7.80. The third-order valence-corrected chi connectivity index (χ3v) is 3.20. The smallest absolute Gasteiger partial charge is 0.175 e. The summed E-state index contributed by atoms with van der Waals surface area (Å²) in [5, 5.41) is 7.65. The summed E-state index contributed by atoms with van der Waals surface area (Å²) >= 11 is 17.2. The molecule has 0 bridgehead atoms. The molecule has 3 nitrogen and oxygen atoms in total. The number of hydrogen-bond acceptors (Lipinski definition) is 2. The van der Waals surface area contributed by atoms with Crippen LogP contribution >= 0.6 is 35.4 Å². The lowest BCUT2D eigenvalue weighted by Crippen LogP contribution is -2.19. The van der Waals surface area contributed by atoms with Gasteiger partial charge in [-0.15, -0.1) is 0 Å². The van der Waals surface area contributed by atoms with Gasteiger partial charge in [0.15, 0.2) is 5.11 Å². The van der Waals surface area contributed by atoms with E-state index in [2.05, 4.69) is 10.6 Å². The van der Waals surface area contributed by atoms with Gasteiger partial charge in [-0.1, -0.05) is 35.3 Å². The second kappa shape index (κ2) is 7.50. The molecule has 0 aliphatic heterocycles. The van der Waals surface area contributed by atoms with Gasteiger partial charge >= 0.3 is 0 Å². The van der Waals surface area contributed by atoms with E-state index in [-0.39, 0.29) is 0 Å². The number of benzene rings is 2. The largest absolute Gasteiger partial charge is 0.492 e. The van der Waals surface area contributed by atoms with Crippen molar-refractivity contribution in [3.8, 4) is 5.75 Å². The van der Waals surface area contributed by atoms with Crippen molar-refractivity contribution < 1.29 is 4.74 Å². The van der Waals surface area contributed by atoms with Crippen LogP contribution in [0.3, 0.4) is 0 Å².